The molecule has 0 saturated heterocycles. The lowest BCUT2D eigenvalue weighted by atomic mass is 10.3. The normalized spacial score (nSPS) is 11.0. The van der Waals surface area contributed by atoms with E-state index in [0.717, 1.165) is 25.2 Å². The Morgan fingerprint density at radius 2 is 2.18 bits per heavy atom. The minimum atomic E-state index is 0.0161. The van der Waals surface area contributed by atoms with E-state index in [1.165, 1.54) is 0 Å². The highest BCUT2D eigenvalue weighted by Crippen LogP contribution is 2.20. The van der Waals surface area contributed by atoms with Gasteiger partial charge >= 0.3 is 0 Å². The van der Waals surface area contributed by atoms with Crippen molar-refractivity contribution >= 4 is 17.2 Å². The zero-order chi connectivity index (χ0) is 15.8. The van der Waals surface area contributed by atoms with Gasteiger partial charge in [-0.05, 0) is 24.5 Å². The fraction of sp³-hybridized carbons (Fsp3) is 0.533. The second-order valence-electron chi connectivity index (χ2n) is 4.89. The van der Waals surface area contributed by atoms with E-state index in [4.69, 9.17) is 4.42 Å². The standard InChI is InChI=1S/C15H22N4O2S/c1-3-19(4-2)9-8-16-13(20)5-6-14-17-18-15(21-14)12-7-10-22-11-12/h7,10-11H,3-6,8-9H2,1-2H3,(H,16,20). The number of carbonyl (C=O) groups is 1. The Kier molecular flexibility index (Phi) is 6.54. The Bertz CT molecular complexity index is 564. The number of hydrogen-bond acceptors (Lipinski definition) is 6. The van der Waals surface area contributed by atoms with Crippen molar-refractivity contribution in [2.24, 2.45) is 0 Å². The number of nitrogens with one attached hydrogen (secondary N) is 1. The summed E-state index contributed by atoms with van der Waals surface area (Å²) in [5.41, 5.74) is 0.924. The summed E-state index contributed by atoms with van der Waals surface area (Å²) in [6, 6.07) is 1.93. The van der Waals surface area contributed by atoms with Gasteiger partial charge < -0.3 is 14.6 Å². The number of rotatable bonds is 9. The van der Waals surface area contributed by atoms with Crippen molar-refractivity contribution in [1.29, 1.82) is 0 Å². The van der Waals surface area contributed by atoms with Gasteiger partial charge in [0.2, 0.25) is 17.7 Å². The molecule has 0 unspecified atom stereocenters. The summed E-state index contributed by atoms with van der Waals surface area (Å²) in [7, 11) is 0. The first-order valence-corrected chi connectivity index (χ1v) is 8.51. The first-order chi connectivity index (χ1) is 10.7. The van der Waals surface area contributed by atoms with Crippen LogP contribution in [0.2, 0.25) is 0 Å². The van der Waals surface area contributed by atoms with Gasteiger partial charge in [-0.2, -0.15) is 11.3 Å². The van der Waals surface area contributed by atoms with Crippen LogP contribution in [0.15, 0.2) is 21.2 Å². The maximum atomic E-state index is 11.8. The van der Waals surface area contributed by atoms with Gasteiger partial charge in [0.1, 0.15) is 0 Å². The molecule has 2 aromatic rings. The Morgan fingerprint density at radius 1 is 1.36 bits per heavy atom. The first kappa shape index (κ1) is 16.6. The number of carbonyl (C=O) groups excluding carboxylic acids is 1. The molecule has 0 aliphatic rings. The van der Waals surface area contributed by atoms with Gasteiger partial charge in [0, 0.05) is 36.9 Å². The average Bonchev–Trinajstić information content (AvgIpc) is 3.20. The number of aryl methyl sites for hydroxylation is 1. The van der Waals surface area contributed by atoms with Crippen LogP contribution in [0.25, 0.3) is 11.5 Å². The SMILES string of the molecule is CCN(CC)CCNC(=O)CCc1nnc(-c2ccsc2)o1. The number of likely N-dealkylation sites (N-methyl/N-ethyl adjacent to an activating group) is 1. The minimum Gasteiger partial charge on any atom is -0.421 e. The van der Waals surface area contributed by atoms with Gasteiger partial charge in [-0.15, -0.1) is 10.2 Å². The fourth-order valence-corrected chi connectivity index (χ4v) is 2.69. The van der Waals surface area contributed by atoms with E-state index in [1.807, 2.05) is 16.8 Å². The average molecular weight is 322 g/mol. The summed E-state index contributed by atoms with van der Waals surface area (Å²) in [4.78, 5) is 14.1. The third kappa shape index (κ3) is 4.92. The molecule has 2 heterocycles. The van der Waals surface area contributed by atoms with E-state index in [1.54, 1.807) is 11.3 Å². The van der Waals surface area contributed by atoms with Crippen LogP contribution >= 0.6 is 11.3 Å². The van der Waals surface area contributed by atoms with Crippen LogP contribution < -0.4 is 5.32 Å². The van der Waals surface area contributed by atoms with Crippen molar-refractivity contribution in [3.8, 4) is 11.5 Å². The van der Waals surface area contributed by atoms with Crippen LogP contribution in [0, 0.1) is 0 Å². The molecule has 0 saturated carbocycles. The zero-order valence-electron chi connectivity index (χ0n) is 13.0. The van der Waals surface area contributed by atoms with E-state index >= 15 is 0 Å². The molecule has 0 bridgehead atoms. The number of amides is 1. The predicted molar refractivity (Wildman–Crippen MR) is 86.7 cm³/mol. The molecule has 2 aromatic heterocycles. The molecule has 0 spiro atoms. The molecule has 22 heavy (non-hydrogen) atoms. The lowest BCUT2D eigenvalue weighted by molar-refractivity contribution is -0.121. The van der Waals surface area contributed by atoms with Gasteiger partial charge in [-0.1, -0.05) is 13.8 Å². The Labute approximate surface area is 134 Å². The smallest absolute Gasteiger partial charge is 0.248 e. The van der Waals surface area contributed by atoms with Gasteiger partial charge in [0.05, 0.1) is 0 Å². The molecular formula is C15H22N4O2S. The molecule has 0 aliphatic carbocycles. The van der Waals surface area contributed by atoms with E-state index in [0.29, 0.717) is 31.2 Å². The molecular weight excluding hydrogens is 300 g/mol. The van der Waals surface area contributed by atoms with Crippen molar-refractivity contribution in [2.75, 3.05) is 26.2 Å². The molecule has 0 fully saturated rings. The molecule has 0 aromatic carbocycles. The van der Waals surface area contributed by atoms with Gasteiger partial charge in [0.25, 0.3) is 0 Å². The highest BCUT2D eigenvalue weighted by molar-refractivity contribution is 7.08. The highest BCUT2D eigenvalue weighted by Gasteiger charge is 2.10. The number of hydrogen-bond donors (Lipinski definition) is 1. The fourth-order valence-electron chi connectivity index (χ4n) is 2.06. The molecule has 0 atom stereocenters. The Hall–Kier alpha value is -1.73. The van der Waals surface area contributed by atoms with Gasteiger partial charge in [-0.25, -0.2) is 0 Å². The van der Waals surface area contributed by atoms with Gasteiger partial charge in [0.15, 0.2) is 0 Å². The monoisotopic (exact) mass is 322 g/mol. The summed E-state index contributed by atoms with van der Waals surface area (Å²) in [6.45, 7) is 7.78. The molecule has 0 radical (unpaired) electrons. The third-order valence-corrected chi connectivity index (χ3v) is 4.13. The quantitative estimate of drug-likeness (QED) is 0.766. The summed E-state index contributed by atoms with van der Waals surface area (Å²) < 4.78 is 5.55. The van der Waals surface area contributed by atoms with Crippen LogP contribution in [-0.2, 0) is 11.2 Å². The molecule has 1 amide bonds. The lowest BCUT2D eigenvalue weighted by Crippen LogP contribution is -2.34. The third-order valence-electron chi connectivity index (χ3n) is 3.45. The van der Waals surface area contributed by atoms with Crippen molar-refractivity contribution in [3.63, 3.8) is 0 Å². The predicted octanol–water partition coefficient (Wildman–Crippen LogP) is 2.19. The number of aromatic nitrogens is 2. The van der Waals surface area contributed by atoms with E-state index in [-0.39, 0.29) is 5.91 Å². The second kappa shape index (κ2) is 8.65. The number of nitrogens with zero attached hydrogens (tertiary/aromatic N) is 3. The number of thiophene rings is 1. The topological polar surface area (TPSA) is 71.3 Å². The molecule has 0 aliphatic heterocycles. The zero-order valence-corrected chi connectivity index (χ0v) is 13.9. The highest BCUT2D eigenvalue weighted by atomic mass is 32.1. The van der Waals surface area contributed by atoms with Crippen molar-refractivity contribution in [2.45, 2.75) is 26.7 Å². The maximum Gasteiger partial charge on any atom is 0.248 e. The Balaban J connectivity index is 1.70. The molecule has 1 N–H and O–H groups in total. The molecule has 2 rings (SSSR count). The summed E-state index contributed by atoms with van der Waals surface area (Å²) >= 11 is 1.58. The summed E-state index contributed by atoms with van der Waals surface area (Å²) in [5.74, 6) is 1.03. The lowest BCUT2D eigenvalue weighted by Gasteiger charge is -2.17. The van der Waals surface area contributed by atoms with Crippen LogP contribution in [0.1, 0.15) is 26.2 Å². The minimum absolute atomic E-state index is 0.0161. The molecule has 120 valence electrons. The first-order valence-electron chi connectivity index (χ1n) is 7.57. The van der Waals surface area contributed by atoms with Crippen molar-refractivity contribution in [1.82, 2.24) is 20.4 Å². The molecule has 6 nitrogen and oxygen atoms in total. The largest absolute Gasteiger partial charge is 0.421 e. The van der Waals surface area contributed by atoms with Crippen LogP contribution in [0.5, 0.6) is 0 Å². The van der Waals surface area contributed by atoms with Crippen LogP contribution in [0.4, 0.5) is 0 Å². The van der Waals surface area contributed by atoms with E-state index in [9.17, 15) is 4.79 Å². The van der Waals surface area contributed by atoms with Crippen molar-refractivity contribution < 1.29 is 9.21 Å². The second-order valence-corrected chi connectivity index (χ2v) is 5.67. The summed E-state index contributed by atoms with van der Waals surface area (Å²) in [6.07, 6.45) is 0.831. The van der Waals surface area contributed by atoms with Crippen molar-refractivity contribution in [3.05, 3.63) is 22.7 Å². The molecule has 7 heteroatoms. The Morgan fingerprint density at radius 3 is 2.86 bits per heavy atom. The maximum absolute atomic E-state index is 11.8. The van der Waals surface area contributed by atoms with Gasteiger partial charge in [-0.3, -0.25) is 4.79 Å². The van der Waals surface area contributed by atoms with E-state index < -0.39 is 0 Å². The van der Waals surface area contributed by atoms with Crippen LogP contribution in [0.3, 0.4) is 0 Å². The summed E-state index contributed by atoms with van der Waals surface area (Å²) in [5, 5.41) is 14.8. The van der Waals surface area contributed by atoms with Crippen LogP contribution in [-0.4, -0.2) is 47.2 Å². The van der Waals surface area contributed by atoms with E-state index in [2.05, 4.69) is 34.3 Å².